The van der Waals surface area contributed by atoms with E-state index in [0.717, 1.165) is 19.4 Å². The molecule has 0 amide bonds. The predicted octanol–water partition coefficient (Wildman–Crippen LogP) is 2.58. The first-order valence-electron chi connectivity index (χ1n) is 9.64. The first-order valence-corrected chi connectivity index (χ1v) is 9.64. The molecule has 23 heavy (non-hydrogen) atoms. The summed E-state index contributed by atoms with van der Waals surface area (Å²) in [5.41, 5.74) is 6.63. The van der Waals surface area contributed by atoms with Crippen LogP contribution in [0.5, 0.6) is 0 Å². The molecule has 0 radical (unpaired) electrons. The van der Waals surface area contributed by atoms with Gasteiger partial charge in [-0.05, 0) is 56.9 Å². The van der Waals surface area contributed by atoms with Crippen molar-refractivity contribution in [2.24, 2.45) is 11.1 Å². The Balaban J connectivity index is 1.33. The first-order chi connectivity index (χ1) is 11.2. The number of aromatic nitrogens is 3. The minimum atomic E-state index is 0.383. The molecule has 0 atom stereocenters. The molecule has 5 nitrogen and oxygen atoms in total. The minimum Gasteiger partial charge on any atom is -0.328 e. The van der Waals surface area contributed by atoms with E-state index < -0.39 is 0 Å². The second-order valence-electron chi connectivity index (χ2n) is 8.67. The third-order valence-electron chi connectivity index (χ3n) is 6.79. The summed E-state index contributed by atoms with van der Waals surface area (Å²) in [6, 6.07) is 1.06. The highest BCUT2D eigenvalue weighted by Crippen LogP contribution is 2.46. The number of rotatable bonds is 4. The lowest BCUT2D eigenvalue weighted by Gasteiger charge is -2.32. The van der Waals surface area contributed by atoms with Crippen molar-refractivity contribution in [2.75, 3.05) is 13.1 Å². The van der Waals surface area contributed by atoms with Crippen LogP contribution in [-0.2, 0) is 6.54 Å². The van der Waals surface area contributed by atoms with E-state index >= 15 is 0 Å². The number of likely N-dealkylation sites (tertiary alicyclic amines) is 1. The molecular weight excluding hydrogens is 286 g/mol. The standard InChI is InChI=1S/C18H29N5/c19-14-9-13(10-14)17-21-20-16(23(17)15-3-4-15)11-22-8-7-18(12-22)5-1-2-6-18/h13-15H,1-12,19H2. The van der Waals surface area contributed by atoms with Crippen LogP contribution < -0.4 is 5.73 Å². The van der Waals surface area contributed by atoms with Gasteiger partial charge in [0, 0.05) is 24.5 Å². The third-order valence-corrected chi connectivity index (χ3v) is 6.79. The molecule has 2 N–H and O–H groups in total. The van der Waals surface area contributed by atoms with Gasteiger partial charge in [0.1, 0.15) is 11.6 Å². The lowest BCUT2D eigenvalue weighted by Crippen LogP contribution is -2.36. The summed E-state index contributed by atoms with van der Waals surface area (Å²) in [6.45, 7) is 3.54. The molecule has 3 saturated carbocycles. The van der Waals surface area contributed by atoms with Gasteiger partial charge >= 0.3 is 0 Å². The monoisotopic (exact) mass is 315 g/mol. The van der Waals surface area contributed by atoms with Crippen LogP contribution >= 0.6 is 0 Å². The van der Waals surface area contributed by atoms with Crippen LogP contribution in [0.25, 0.3) is 0 Å². The molecule has 4 fully saturated rings. The Morgan fingerprint density at radius 3 is 2.57 bits per heavy atom. The predicted molar refractivity (Wildman–Crippen MR) is 89.0 cm³/mol. The number of nitrogens with two attached hydrogens (primary N) is 1. The van der Waals surface area contributed by atoms with Crippen LogP contribution in [0.2, 0.25) is 0 Å². The average Bonchev–Trinajstić information content (AvgIpc) is 2.95. The number of nitrogens with zero attached hydrogens (tertiary/aromatic N) is 4. The van der Waals surface area contributed by atoms with Crippen molar-refractivity contribution in [3.8, 4) is 0 Å². The molecule has 5 heteroatoms. The Hall–Kier alpha value is -0.940. The van der Waals surface area contributed by atoms with Gasteiger partial charge in [-0.15, -0.1) is 10.2 Å². The molecule has 0 aromatic carbocycles. The third kappa shape index (κ3) is 2.52. The van der Waals surface area contributed by atoms with Crippen molar-refractivity contribution >= 4 is 0 Å². The molecule has 126 valence electrons. The van der Waals surface area contributed by atoms with Crippen molar-refractivity contribution in [3.63, 3.8) is 0 Å². The van der Waals surface area contributed by atoms with Crippen molar-refractivity contribution in [3.05, 3.63) is 11.6 Å². The molecule has 3 aliphatic carbocycles. The van der Waals surface area contributed by atoms with Crippen LogP contribution in [0.15, 0.2) is 0 Å². The van der Waals surface area contributed by atoms with E-state index in [9.17, 15) is 0 Å². The summed E-state index contributed by atoms with van der Waals surface area (Å²) in [5, 5.41) is 9.21. The summed E-state index contributed by atoms with van der Waals surface area (Å²) in [5.74, 6) is 3.02. The molecule has 1 aromatic heterocycles. The van der Waals surface area contributed by atoms with Crippen LogP contribution in [0.3, 0.4) is 0 Å². The molecule has 1 aromatic rings. The summed E-state index contributed by atoms with van der Waals surface area (Å²) < 4.78 is 2.50. The van der Waals surface area contributed by atoms with Gasteiger partial charge in [-0.25, -0.2) is 0 Å². The van der Waals surface area contributed by atoms with Crippen LogP contribution in [0, 0.1) is 5.41 Å². The van der Waals surface area contributed by atoms with E-state index in [-0.39, 0.29) is 0 Å². The lowest BCUT2D eigenvalue weighted by atomic mass is 9.80. The van der Waals surface area contributed by atoms with Crippen molar-refractivity contribution < 1.29 is 0 Å². The van der Waals surface area contributed by atoms with E-state index in [1.165, 1.54) is 69.7 Å². The van der Waals surface area contributed by atoms with Gasteiger partial charge in [0.15, 0.2) is 0 Å². The fourth-order valence-electron chi connectivity index (χ4n) is 5.22. The quantitative estimate of drug-likeness (QED) is 0.928. The number of hydrogen-bond donors (Lipinski definition) is 1. The maximum atomic E-state index is 5.99. The Morgan fingerprint density at radius 2 is 1.87 bits per heavy atom. The fraction of sp³-hybridized carbons (Fsp3) is 0.889. The number of hydrogen-bond acceptors (Lipinski definition) is 4. The first kappa shape index (κ1) is 14.4. The zero-order valence-corrected chi connectivity index (χ0v) is 14.1. The van der Waals surface area contributed by atoms with Crippen molar-refractivity contribution in [2.45, 2.75) is 82.3 Å². The Morgan fingerprint density at radius 1 is 1.09 bits per heavy atom. The summed E-state index contributed by atoms with van der Waals surface area (Å²) >= 11 is 0. The maximum absolute atomic E-state index is 5.99. The smallest absolute Gasteiger partial charge is 0.147 e. The molecule has 2 heterocycles. The highest BCUT2D eigenvalue weighted by atomic mass is 15.3. The van der Waals surface area contributed by atoms with Crippen LogP contribution in [0.1, 0.15) is 81.4 Å². The second kappa shape index (κ2) is 5.28. The SMILES string of the molecule is NC1CC(c2nnc(CN3CCC4(CCCC4)C3)n2C2CC2)C1. The highest BCUT2D eigenvalue weighted by molar-refractivity contribution is 5.12. The Bertz CT molecular complexity index is 578. The molecule has 0 unspecified atom stereocenters. The second-order valence-corrected chi connectivity index (χ2v) is 8.67. The van der Waals surface area contributed by atoms with Crippen molar-refractivity contribution in [1.29, 1.82) is 0 Å². The summed E-state index contributed by atoms with van der Waals surface area (Å²) in [4.78, 5) is 2.64. The maximum Gasteiger partial charge on any atom is 0.147 e. The van der Waals surface area contributed by atoms with E-state index in [2.05, 4.69) is 19.7 Å². The van der Waals surface area contributed by atoms with E-state index in [0.29, 0.717) is 23.4 Å². The van der Waals surface area contributed by atoms with Gasteiger partial charge in [0.2, 0.25) is 0 Å². The molecule has 1 aliphatic heterocycles. The van der Waals surface area contributed by atoms with E-state index in [4.69, 9.17) is 5.73 Å². The normalized spacial score (nSPS) is 33.4. The average molecular weight is 315 g/mol. The molecule has 0 bridgehead atoms. The van der Waals surface area contributed by atoms with Gasteiger partial charge in [0.05, 0.1) is 6.54 Å². The van der Waals surface area contributed by atoms with Crippen molar-refractivity contribution in [1.82, 2.24) is 19.7 Å². The van der Waals surface area contributed by atoms with Crippen LogP contribution in [-0.4, -0.2) is 38.8 Å². The summed E-state index contributed by atoms with van der Waals surface area (Å²) in [7, 11) is 0. The molecule has 4 aliphatic rings. The van der Waals surface area contributed by atoms with Gasteiger partial charge in [0.25, 0.3) is 0 Å². The lowest BCUT2D eigenvalue weighted by molar-refractivity contribution is 0.248. The summed E-state index contributed by atoms with van der Waals surface area (Å²) in [6.07, 6.45) is 12.0. The molecule has 1 spiro atoms. The zero-order valence-electron chi connectivity index (χ0n) is 14.1. The Labute approximate surface area is 138 Å². The Kier molecular flexibility index (Phi) is 3.31. The van der Waals surface area contributed by atoms with E-state index in [1.54, 1.807) is 0 Å². The van der Waals surface area contributed by atoms with Gasteiger partial charge in [-0.2, -0.15) is 0 Å². The van der Waals surface area contributed by atoms with Gasteiger partial charge in [-0.1, -0.05) is 12.8 Å². The molecule has 5 rings (SSSR count). The highest BCUT2D eigenvalue weighted by Gasteiger charge is 2.41. The van der Waals surface area contributed by atoms with Crippen LogP contribution in [0.4, 0.5) is 0 Å². The molecule has 1 saturated heterocycles. The fourth-order valence-corrected chi connectivity index (χ4v) is 5.22. The zero-order chi connectivity index (χ0) is 15.4. The molecular formula is C18H29N5. The van der Waals surface area contributed by atoms with Gasteiger partial charge < -0.3 is 10.3 Å². The van der Waals surface area contributed by atoms with E-state index in [1.807, 2.05) is 0 Å². The largest absolute Gasteiger partial charge is 0.328 e. The topological polar surface area (TPSA) is 60.0 Å². The van der Waals surface area contributed by atoms with Gasteiger partial charge in [-0.3, -0.25) is 4.90 Å². The minimum absolute atomic E-state index is 0.383.